The summed E-state index contributed by atoms with van der Waals surface area (Å²) in [6.07, 6.45) is 2.65. The van der Waals surface area contributed by atoms with Gasteiger partial charge in [0, 0.05) is 11.5 Å². The monoisotopic (exact) mass is 282 g/mol. The molecule has 1 fully saturated rings. The number of rotatable bonds is 3. The van der Waals surface area contributed by atoms with E-state index in [1.807, 2.05) is 24.3 Å². The minimum absolute atomic E-state index is 0.285. The zero-order valence-electron chi connectivity index (χ0n) is 11.8. The van der Waals surface area contributed by atoms with Crippen molar-refractivity contribution in [2.45, 2.75) is 26.2 Å². The van der Waals surface area contributed by atoms with Gasteiger partial charge in [-0.05, 0) is 46.5 Å². The van der Waals surface area contributed by atoms with Crippen molar-refractivity contribution in [1.82, 2.24) is 30.4 Å². The molecule has 0 bridgehead atoms. The van der Waals surface area contributed by atoms with Gasteiger partial charge in [-0.25, -0.2) is 4.68 Å². The predicted octanol–water partition coefficient (Wildman–Crippen LogP) is 2.23. The molecule has 2 aromatic heterocycles. The Bertz CT molecular complexity index is 759. The van der Waals surface area contributed by atoms with Crippen molar-refractivity contribution in [3.8, 4) is 17.1 Å². The van der Waals surface area contributed by atoms with E-state index >= 15 is 0 Å². The largest absolute Gasteiger partial charge is 0.420 e. The number of tetrazole rings is 1. The van der Waals surface area contributed by atoms with Gasteiger partial charge < -0.3 is 4.42 Å². The van der Waals surface area contributed by atoms with E-state index in [0.29, 0.717) is 11.8 Å². The molecule has 106 valence electrons. The number of nitrogens with zero attached hydrogens (tertiary/aromatic N) is 6. The van der Waals surface area contributed by atoms with Crippen molar-refractivity contribution >= 4 is 0 Å². The van der Waals surface area contributed by atoms with E-state index in [-0.39, 0.29) is 5.41 Å². The zero-order valence-corrected chi connectivity index (χ0v) is 11.8. The Hall–Kier alpha value is -2.57. The predicted molar refractivity (Wildman–Crippen MR) is 73.6 cm³/mol. The lowest BCUT2D eigenvalue weighted by atomic mass is 10.1. The summed E-state index contributed by atoms with van der Waals surface area (Å²) in [5.41, 5.74) is 2.06. The Labute approximate surface area is 121 Å². The number of benzene rings is 1. The van der Waals surface area contributed by atoms with Gasteiger partial charge in [0.2, 0.25) is 11.8 Å². The van der Waals surface area contributed by atoms with Gasteiger partial charge in [0.15, 0.2) is 0 Å². The van der Waals surface area contributed by atoms with Gasteiger partial charge in [-0.15, -0.1) is 15.3 Å². The van der Waals surface area contributed by atoms with Crippen LogP contribution in [0, 0.1) is 5.41 Å². The quantitative estimate of drug-likeness (QED) is 0.732. The van der Waals surface area contributed by atoms with Gasteiger partial charge in [0.05, 0.1) is 5.69 Å². The van der Waals surface area contributed by atoms with Crippen LogP contribution in [0.2, 0.25) is 0 Å². The van der Waals surface area contributed by atoms with Crippen LogP contribution in [0.25, 0.3) is 17.1 Å². The molecule has 7 nitrogen and oxygen atoms in total. The number of aromatic nitrogens is 6. The Morgan fingerprint density at radius 3 is 2.57 bits per heavy atom. The molecule has 1 aliphatic rings. The van der Waals surface area contributed by atoms with Crippen LogP contribution >= 0.6 is 0 Å². The molecule has 0 unspecified atom stereocenters. The second kappa shape index (κ2) is 4.21. The van der Waals surface area contributed by atoms with Crippen LogP contribution in [0.3, 0.4) is 0 Å². The third kappa shape index (κ3) is 2.10. The van der Waals surface area contributed by atoms with Gasteiger partial charge >= 0.3 is 0 Å². The van der Waals surface area contributed by atoms with E-state index in [0.717, 1.165) is 23.6 Å². The molecule has 0 amide bonds. The molecule has 0 saturated heterocycles. The molecule has 0 radical (unpaired) electrons. The lowest BCUT2D eigenvalue weighted by Gasteiger charge is -2.00. The van der Waals surface area contributed by atoms with Crippen LogP contribution in [0.15, 0.2) is 35.0 Å². The fraction of sp³-hybridized carbons (Fsp3) is 0.357. The first-order valence-electron chi connectivity index (χ1n) is 6.81. The second-order valence-electron chi connectivity index (χ2n) is 5.99. The fourth-order valence-electron chi connectivity index (χ4n) is 2.42. The molecule has 4 rings (SSSR count). The highest BCUT2D eigenvalue weighted by molar-refractivity contribution is 5.55. The SMILES string of the molecule is CC1(C)C[C@@H]1c1nnc(-c2ccc(-n3cnnn3)cc2)o1. The van der Waals surface area contributed by atoms with Crippen LogP contribution in [0.1, 0.15) is 32.1 Å². The molecule has 1 aromatic carbocycles. The van der Waals surface area contributed by atoms with Crippen molar-refractivity contribution in [3.63, 3.8) is 0 Å². The summed E-state index contributed by atoms with van der Waals surface area (Å²) in [4.78, 5) is 0. The maximum absolute atomic E-state index is 5.79. The maximum Gasteiger partial charge on any atom is 0.247 e. The summed E-state index contributed by atoms with van der Waals surface area (Å²) in [6, 6.07) is 7.67. The van der Waals surface area contributed by atoms with Crippen LogP contribution < -0.4 is 0 Å². The molecule has 2 heterocycles. The van der Waals surface area contributed by atoms with E-state index in [2.05, 4.69) is 39.6 Å². The number of hydrogen-bond donors (Lipinski definition) is 0. The highest BCUT2D eigenvalue weighted by Gasteiger charge is 2.50. The average molecular weight is 282 g/mol. The van der Waals surface area contributed by atoms with Crippen molar-refractivity contribution < 1.29 is 4.42 Å². The molecule has 0 aliphatic heterocycles. The fourth-order valence-corrected chi connectivity index (χ4v) is 2.42. The van der Waals surface area contributed by atoms with E-state index in [4.69, 9.17) is 4.42 Å². The Kier molecular flexibility index (Phi) is 2.44. The van der Waals surface area contributed by atoms with Crippen molar-refractivity contribution in [2.24, 2.45) is 5.41 Å². The lowest BCUT2D eigenvalue weighted by Crippen LogP contribution is -1.94. The molecule has 0 spiro atoms. The maximum atomic E-state index is 5.79. The van der Waals surface area contributed by atoms with Gasteiger partial charge in [-0.3, -0.25) is 0 Å². The zero-order chi connectivity index (χ0) is 14.4. The molecule has 1 aliphatic carbocycles. The van der Waals surface area contributed by atoms with Crippen LogP contribution in [0.4, 0.5) is 0 Å². The van der Waals surface area contributed by atoms with E-state index in [1.54, 1.807) is 11.0 Å². The van der Waals surface area contributed by atoms with E-state index in [1.165, 1.54) is 0 Å². The van der Waals surface area contributed by atoms with Gasteiger partial charge in [-0.2, -0.15) is 0 Å². The smallest absolute Gasteiger partial charge is 0.247 e. The van der Waals surface area contributed by atoms with E-state index < -0.39 is 0 Å². The van der Waals surface area contributed by atoms with Gasteiger partial charge in [0.1, 0.15) is 6.33 Å². The molecular formula is C14H14N6O. The summed E-state index contributed by atoms with van der Waals surface area (Å²) >= 11 is 0. The molecule has 3 aromatic rings. The summed E-state index contributed by atoms with van der Waals surface area (Å²) < 4.78 is 7.38. The summed E-state index contributed by atoms with van der Waals surface area (Å²) in [5.74, 6) is 1.68. The normalized spacial score (nSPS) is 19.6. The van der Waals surface area contributed by atoms with Crippen molar-refractivity contribution in [3.05, 3.63) is 36.5 Å². The summed E-state index contributed by atoms with van der Waals surface area (Å²) in [6.45, 7) is 4.42. The van der Waals surface area contributed by atoms with Gasteiger partial charge in [-0.1, -0.05) is 13.8 Å². The Morgan fingerprint density at radius 1 is 1.19 bits per heavy atom. The van der Waals surface area contributed by atoms with Crippen LogP contribution in [-0.4, -0.2) is 30.4 Å². The highest BCUT2D eigenvalue weighted by atomic mass is 16.4. The van der Waals surface area contributed by atoms with E-state index in [9.17, 15) is 0 Å². The van der Waals surface area contributed by atoms with Gasteiger partial charge in [0.25, 0.3) is 0 Å². The third-order valence-corrected chi connectivity index (χ3v) is 3.98. The second-order valence-corrected chi connectivity index (χ2v) is 5.99. The highest BCUT2D eigenvalue weighted by Crippen LogP contribution is 2.58. The lowest BCUT2D eigenvalue weighted by molar-refractivity contribution is 0.476. The average Bonchev–Trinajstić information content (AvgIpc) is 2.99. The molecule has 1 saturated carbocycles. The Balaban J connectivity index is 1.59. The third-order valence-electron chi connectivity index (χ3n) is 3.98. The number of hydrogen-bond acceptors (Lipinski definition) is 6. The van der Waals surface area contributed by atoms with Crippen molar-refractivity contribution in [1.29, 1.82) is 0 Å². The summed E-state index contributed by atoms with van der Waals surface area (Å²) in [7, 11) is 0. The molecule has 21 heavy (non-hydrogen) atoms. The first-order valence-corrected chi connectivity index (χ1v) is 6.81. The minimum Gasteiger partial charge on any atom is -0.420 e. The molecule has 7 heteroatoms. The topological polar surface area (TPSA) is 82.5 Å². The first kappa shape index (κ1) is 12.2. The van der Waals surface area contributed by atoms with Crippen LogP contribution in [-0.2, 0) is 0 Å². The minimum atomic E-state index is 0.285. The molecule has 0 N–H and O–H groups in total. The van der Waals surface area contributed by atoms with Crippen LogP contribution in [0.5, 0.6) is 0 Å². The standard InChI is InChI=1S/C14H14N6O/c1-14(2)7-11(14)13-17-16-12(21-13)9-3-5-10(6-4-9)20-8-15-18-19-20/h3-6,8,11H,7H2,1-2H3/t11-/m1/s1. The first-order chi connectivity index (χ1) is 10.1. The Morgan fingerprint density at radius 2 is 1.95 bits per heavy atom. The van der Waals surface area contributed by atoms with Crippen molar-refractivity contribution in [2.75, 3.05) is 0 Å². The summed E-state index contributed by atoms with van der Waals surface area (Å²) in [5, 5.41) is 19.4. The molecular weight excluding hydrogens is 268 g/mol. The molecule has 1 atom stereocenters.